The predicted molar refractivity (Wildman–Crippen MR) is 96.3 cm³/mol. The monoisotopic (exact) mass is 338 g/mol. The normalized spacial score (nSPS) is 10.5. The van der Waals surface area contributed by atoms with Crippen molar-refractivity contribution in [3.05, 3.63) is 78.4 Å². The third-order valence-corrected chi connectivity index (χ3v) is 4.49. The van der Waals surface area contributed by atoms with Gasteiger partial charge < -0.3 is 5.32 Å². The molecule has 3 aromatic rings. The van der Waals surface area contributed by atoms with E-state index in [1.165, 1.54) is 11.9 Å². The first-order valence-corrected chi connectivity index (χ1v) is 8.83. The van der Waals surface area contributed by atoms with E-state index in [4.69, 9.17) is 0 Å². The number of nitrogens with one attached hydrogen (secondary N) is 1. The van der Waals surface area contributed by atoms with Crippen molar-refractivity contribution < 1.29 is 4.79 Å². The summed E-state index contributed by atoms with van der Waals surface area (Å²) in [4.78, 5) is 16.0. The van der Waals surface area contributed by atoms with Gasteiger partial charge in [0.2, 0.25) is 0 Å². The molecule has 0 spiro atoms. The van der Waals surface area contributed by atoms with E-state index < -0.39 is 0 Å². The van der Waals surface area contributed by atoms with Gasteiger partial charge in [-0.1, -0.05) is 30.3 Å². The molecule has 0 fully saturated rings. The fraction of sp³-hybridized carbons (Fsp3) is 0.167. The molecule has 5 nitrogen and oxygen atoms in total. The lowest BCUT2D eigenvalue weighted by atomic mass is 10.2. The Morgan fingerprint density at radius 2 is 1.88 bits per heavy atom. The molecule has 0 saturated heterocycles. The number of nitrogens with zero attached hydrogens (tertiary/aromatic N) is 3. The second-order valence-electron chi connectivity index (χ2n) is 5.18. The van der Waals surface area contributed by atoms with Gasteiger partial charge in [0.15, 0.2) is 0 Å². The first-order valence-electron chi connectivity index (χ1n) is 7.68. The van der Waals surface area contributed by atoms with Crippen LogP contribution in [0.5, 0.6) is 0 Å². The van der Waals surface area contributed by atoms with E-state index in [9.17, 15) is 4.79 Å². The van der Waals surface area contributed by atoms with Crippen molar-refractivity contribution in [1.29, 1.82) is 0 Å². The summed E-state index contributed by atoms with van der Waals surface area (Å²) in [6.45, 7) is 0.654. The summed E-state index contributed by atoms with van der Waals surface area (Å²) in [6.07, 6.45) is 3.10. The lowest BCUT2D eigenvalue weighted by molar-refractivity contribution is 0.0956. The summed E-state index contributed by atoms with van der Waals surface area (Å²) < 4.78 is 1.65. The number of rotatable bonds is 7. The molecular formula is C18H18N4OS. The zero-order valence-corrected chi connectivity index (χ0v) is 13.9. The van der Waals surface area contributed by atoms with Crippen molar-refractivity contribution in [2.75, 3.05) is 12.3 Å². The Morgan fingerprint density at radius 1 is 1.08 bits per heavy atom. The van der Waals surface area contributed by atoms with Gasteiger partial charge in [-0.3, -0.25) is 4.79 Å². The van der Waals surface area contributed by atoms with E-state index in [0.29, 0.717) is 12.1 Å². The van der Waals surface area contributed by atoms with Crippen LogP contribution in [0.3, 0.4) is 0 Å². The first-order chi connectivity index (χ1) is 11.8. The summed E-state index contributed by atoms with van der Waals surface area (Å²) in [5.41, 5.74) is 2.83. The largest absolute Gasteiger partial charge is 0.351 e. The van der Waals surface area contributed by atoms with Gasteiger partial charge in [0.05, 0.1) is 5.69 Å². The Morgan fingerprint density at radius 3 is 2.58 bits per heavy atom. The number of carbonyl (C=O) groups is 1. The lowest BCUT2D eigenvalue weighted by Crippen LogP contribution is -2.25. The molecular weight excluding hydrogens is 320 g/mol. The molecule has 0 saturated carbocycles. The molecule has 0 bridgehead atoms. The Hall–Kier alpha value is -2.60. The minimum Gasteiger partial charge on any atom is -0.351 e. The van der Waals surface area contributed by atoms with Crippen molar-refractivity contribution in [3.8, 4) is 5.69 Å². The van der Waals surface area contributed by atoms with Crippen LogP contribution in [0.1, 0.15) is 15.9 Å². The quantitative estimate of drug-likeness (QED) is 0.673. The van der Waals surface area contributed by atoms with E-state index in [1.54, 1.807) is 23.1 Å². The standard InChI is InChI=1S/C18H18N4OS/c23-18(20-10-11-24-12-15-4-2-1-3-5-15)16-6-8-17(9-7-16)22-14-19-13-21-22/h1-9,13-14H,10-12H2,(H,20,23). The van der Waals surface area contributed by atoms with Crippen LogP contribution in [0.15, 0.2) is 67.3 Å². The minimum atomic E-state index is -0.0551. The molecule has 0 radical (unpaired) electrons. The van der Waals surface area contributed by atoms with Crippen LogP contribution in [-0.4, -0.2) is 33.0 Å². The smallest absolute Gasteiger partial charge is 0.251 e. The van der Waals surface area contributed by atoms with E-state index in [1.807, 2.05) is 42.1 Å². The van der Waals surface area contributed by atoms with Gasteiger partial charge in [0, 0.05) is 23.6 Å². The second kappa shape index (κ2) is 8.31. The van der Waals surface area contributed by atoms with E-state index in [-0.39, 0.29) is 5.91 Å². The molecule has 1 N–H and O–H groups in total. The van der Waals surface area contributed by atoms with Gasteiger partial charge in [-0.15, -0.1) is 0 Å². The van der Waals surface area contributed by atoms with E-state index >= 15 is 0 Å². The van der Waals surface area contributed by atoms with Crippen LogP contribution in [0.2, 0.25) is 0 Å². The van der Waals surface area contributed by atoms with Crippen LogP contribution in [0.4, 0.5) is 0 Å². The Balaban J connectivity index is 1.42. The number of thioether (sulfide) groups is 1. The molecule has 1 aromatic heterocycles. The van der Waals surface area contributed by atoms with Gasteiger partial charge in [0.1, 0.15) is 12.7 Å². The van der Waals surface area contributed by atoms with E-state index in [2.05, 4.69) is 27.5 Å². The second-order valence-corrected chi connectivity index (χ2v) is 6.29. The van der Waals surface area contributed by atoms with Crippen LogP contribution >= 0.6 is 11.8 Å². The highest BCUT2D eigenvalue weighted by Crippen LogP contribution is 2.11. The molecule has 0 unspecified atom stereocenters. The maximum atomic E-state index is 12.1. The van der Waals surface area contributed by atoms with Crippen molar-refractivity contribution >= 4 is 17.7 Å². The number of aromatic nitrogens is 3. The van der Waals surface area contributed by atoms with Crippen molar-refractivity contribution in [3.63, 3.8) is 0 Å². The average molecular weight is 338 g/mol. The van der Waals surface area contributed by atoms with Gasteiger partial charge in [-0.05, 0) is 29.8 Å². The number of carbonyl (C=O) groups excluding carboxylic acids is 1. The first kappa shape index (κ1) is 16.3. The molecule has 0 aliphatic carbocycles. The van der Waals surface area contributed by atoms with Crippen molar-refractivity contribution in [1.82, 2.24) is 20.1 Å². The summed E-state index contributed by atoms with van der Waals surface area (Å²) >= 11 is 1.81. The molecule has 1 heterocycles. The zero-order chi connectivity index (χ0) is 16.6. The van der Waals surface area contributed by atoms with Gasteiger partial charge >= 0.3 is 0 Å². The highest BCUT2D eigenvalue weighted by atomic mass is 32.2. The van der Waals surface area contributed by atoms with Crippen LogP contribution in [-0.2, 0) is 5.75 Å². The maximum absolute atomic E-state index is 12.1. The molecule has 2 aromatic carbocycles. The minimum absolute atomic E-state index is 0.0551. The molecule has 0 aliphatic heterocycles. The van der Waals surface area contributed by atoms with Crippen molar-refractivity contribution in [2.45, 2.75) is 5.75 Å². The molecule has 1 amide bonds. The summed E-state index contributed by atoms with van der Waals surface area (Å²) in [5.74, 6) is 1.79. The molecule has 0 aliphatic rings. The van der Waals surface area contributed by atoms with Gasteiger partial charge in [0.25, 0.3) is 5.91 Å². The fourth-order valence-corrected chi connectivity index (χ4v) is 3.03. The molecule has 6 heteroatoms. The van der Waals surface area contributed by atoms with Crippen molar-refractivity contribution in [2.24, 2.45) is 0 Å². The maximum Gasteiger partial charge on any atom is 0.251 e. The number of hydrogen-bond acceptors (Lipinski definition) is 4. The number of amides is 1. The molecule has 24 heavy (non-hydrogen) atoms. The summed E-state index contributed by atoms with van der Waals surface area (Å²) in [6, 6.07) is 17.6. The third-order valence-electron chi connectivity index (χ3n) is 3.46. The Kier molecular flexibility index (Phi) is 5.63. The van der Waals surface area contributed by atoms with Gasteiger partial charge in [-0.2, -0.15) is 16.9 Å². The highest BCUT2D eigenvalue weighted by molar-refractivity contribution is 7.98. The molecule has 0 atom stereocenters. The Labute approximate surface area is 145 Å². The van der Waals surface area contributed by atoms with Gasteiger partial charge in [-0.25, -0.2) is 9.67 Å². The summed E-state index contributed by atoms with van der Waals surface area (Å²) in [7, 11) is 0. The molecule has 122 valence electrons. The fourth-order valence-electron chi connectivity index (χ4n) is 2.21. The third kappa shape index (κ3) is 4.45. The Bertz CT molecular complexity index is 757. The topological polar surface area (TPSA) is 59.8 Å². The number of benzene rings is 2. The van der Waals surface area contributed by atoms with E-state index in [0.717, 1.165) is 17.2 Å². The number of hydrogen-bond donors (Lipinski definition) is 1. The SMILES string of the molecule is O=C(NCCSCc1ccccc1)c1ccc(-n2cncn2)cc1. The molecule has 3 rings (SSSR count). The highest BCUT2D eigenvalue weighted by Gasteiger charge is 2.05. The average Bonchev–Trinajstić information content (AvgIpc) is 3.17. The lowest BCUT2D eigenvalue weighted by Gasteiger charge is -2.06. The van der Waals surface area contributed by atoms with Crippen LogP contribution < -0.4 is 5.32 Å². The van der Waals surface area contributed by atoms with Crippen LogP contribution in [0.25, 0.3) is 5.69 Å². The predicted octanol–water partition coefficient (Wildman–Crippen LogP) is 2.93. The van der Waals surface area contributed by atoms with Crippen LogP contribution in [0, 0.1) is 0 Å². The summed E-state index contributed by atoms with van der Waals surface area (Å²) in [5, 5.41) is 7.00. The zero-order valence-electron chi connectivity index (χ0n) is 13.1.